The van der Waals surface area contributed by atoms with Gasteiger partial charge in [-0.2, -0.15) is 0 Å². The SMILES string of the molecule is Cc1cc(N)cc(NCc2ccccc2C)c1. The van der Waals surface area contributed by atoms with Crippen molar-refractivity contribution < 1.29 is 0 Å². The summed E-state index contributed by atoms with van der Waals surface area (Å²) in [6.45, 7) is 5.01. The highest BCUT2D eigenvalue weighted by atomic mass is 14.9. The van der Waals surface area contributed by atoms with Crippen molar-refractivity contribution in [3.8, 4) is 0 Å². The van der Waals surface area contributed by atoms with Crippen molar-refractivity contribution in [1.82, 2.24) is 0 Å². The highest BCUT2D eigenvalue weighted by Crippen LogP contribution is 2.17. The third-order valence-corrected chi connectivity index (χ3v) is 2.84. The van der Waals surface area contributed by atoms with E-state index in [1.165, 1.54) is 16.7 Å². The Morgan fingerprint density at radius 3 is 2.53 bits per heavy atom. The van der Waals surface area contributed by atoms with Gasteiger partial charge in [0.05, 0.1) is 0 Å². The topological polar surface area (TPSA) is 38.0 Å². The first-order valence-corrected chi connectivity index (χ1v) is 5.81. The van der Waals surface area contributed by atoms with Crippen LogP contribution in [-0.4, -0.2) is 0 Å². The van der Waals surface area contributed by atoms with Crippen LogP contribution in [0.25, 0.3) is 0 Å². The minimum Gasteiger partial charge on any atom is -0.399 e. The van der Waals surface area contributed by atoms with Crippen molar-refractivity contribution in [3.05, 3.63) is 59.2 Å². The summed E-state index contributed by atoms with van der Waals surface area (Å²) in [5.74, 6) is 0. The first kappa shape index (κ1) is 11.5. The summed E-state index contributed by atoms with van der Waals surface area (Å²) < 4.78 is 0. The lowest BCUT2D eigenvalue weighted by atomic mass is 10.1. The van der Waals surface area contributed by atoms with Gasteiger partial charge < -0.3 is 11.1 Å². The lowest BCUT2D eigenvalue weighted by molar-refractivity contribution is 1.12. The number of hydrogen-bond donors (Lipinski definition) is 2. The lowest BCUT2D eigenvalue weighted by Crippen LogP contribution is -2.02. The standard InChI is InChI=1S/C15H18N2/c1-11-7-14(16)9-15(8-11)17-10-13-6-4-3-5-12(13)2/h3-9,17H,10,16H2,1-2H3. The molecule has 2 aromatic rings. The predicted octanol–water partition coefficient (Wildman–Crippen LogP) is 3.50. The fraction of sp³-hybridized carbons (Fsp3) is 0.200. The van der Waals surface area contributed by atoms with Crippen molar-refractivity contribution in [2.75, 3.05) is 11.1 Å². The molecule has 2 rings (SSSR count). The number of nitrogens with two attached hydrogens (primary N) is 1. The molecule has 0 saturated heterocycles. The zero-order valence-electron chi connectivity index (χ0n) is 10.3. The van der Waals surface area contributed by atoms with Gasteiger partial charge in [-0.15, -0.1) is 0 Å². The van der Waals surface area contributed by atoms with Gasteiger partial charge in [-0.25, -0.2) is 0 Å². The van der Waals surface area contributed by atoms with Crippen LogP contribution in [0.15, 0.2) is 42.5 Å². The van der Waals surface area contributed by atoms with Crippen LogP contribution < -0.4 is 11.1 Å². The predicted molar refractivity (Wildman–Crippen MR) is 74.1 cm³/mol. The molecule has 0 aromatic heterocycles. The summed E-state index contributed by atoms with van der Waals surface area (Å²) >= 11 is 0. The Hall–Kier alpha value is -1.96. The van der Waals surface area contributed by atoms with E-state index in [4.69, 9.17) is 5.73 Å². The summed E-state index contributed by atoms with van der Waals surface area (Å²) in [5, 5.41) is 3.40. The van der Waals surface area contributed by atoms with Crippen molar-refractivity contribution in [3.63, 3.8) is 0 Å². The molecular formula is C15H18N2. The van der Waals surface area contributed by atoms with Crippen LogP contribution in [0, 0.1) is 13.8 Å². The Bertz CT molecular complexity index is 498. The van der Waals surface area contributed by atoms with Crippen LogP contribution in [0.5, 0.6) is 0 Å². The van der Waals surface area contributed by atoms with Gasteiger partial charge in [0.15, 0.2) is 0 Å². The maximum atomic E-state index is 5.82. The number of nitrogens with one attached hydrogen (secondary N) is 1. The summed E-state index contributed by atoms with van der Waals surface area (Å²) in [6.07, 6.45) is 0. The summed E-state index contributed by atoms with van der Waals surface area (Å²) in [5.41, 5.74) is 11.5. The molecule has 0 bridgehead atoms. The molecule has 0 radical (unpaired) electrons. The number of nitrogen functional groups attached to an aromatic ring is 1. The monoisotopic (exact) mass is 226 g/mol. The van der Waals surface area contributed by atoms with E-state index < -0.39 is 0 Å². The second-order valence-corrected chi connectivity index (χ2v) is 4.41. The van der Waals surface area contributed by atoms with E-state index in [1.54, 1.807) is 0 Å². The number of aryl methyl sites for hydroxylation is 2. The van der Waals surface area contributed by atoms with Crippen LogP contribution in [0.3, 0.4) is 0 Å². The van der Waals surface area contributed by atoms with Crippen LogP contribution in [0.4, 0.5) is 11.4 Å². The molecule has 0 fully saturated rings. The average Bonchev–Trinajstić information content (AvgIpc) is 2.27. The van der Waals surface area contributed by atoms with E-state index in [1.807, 2.05) is 12.1 Å². The second kappa shape index (κ2) is 4.91. The molecule has 0 atom stereocenters. The van der Waals surface area contributed by atoms with E-state index in [-0.39, 0.29) is 0 Å². The summed E-state index contributed by atoms with van der Waals surface area (Å²) in [4.78, 5) is 0. The quantitative estimate of drug-likeness (QED) is 0.786. The van der Waals surface area contributed by atoms with E-state index >= 15 is 0 Å². The van der Waals surface area contributed by atoms with Gasteiger partial charge in [-0.05, 0) is 48.7 Å². The minimum absolute atomic E-state index is 0.803. The van der Waals surface area contributed by atoms with Crippen LogP contribution in [0.2, 0.25) is 0 Å². The smallest absolute Gasteiger partial charge is 0.0403 e. The third-order valence-electron chi connectivity index (χ3n) is 2.84. The molecule has 0 aliphatic heterocycles. The van der Waals surface area contributed by atoms with Crippen molar-refractivity contribution in [2.45, 2.75) is 20.4 Å². The fourth-order valence-corrected chi connectivity index (χ4v) is 1.92. The van der Waals surface area contributed by atoms with Gasteiger partial charge in [0, 0.05) is 17.9 Å². The Kier molecular flexibility index (Phi) is 3.33. The number of hydrogen-bond acceptors (Lipinski definition) is 2. The first-order valence-electron chi connectivity index (χ1n) is 5.81. The minimum atomic E-state index is 0.803. The Balaban J connectivity index is 2.10. The van der Waals surface area contributed by atoms with Gasteiger partial charge in [0.25, 0.3) is 0 Å². The van der Waals surface area contributed by atoms with Crippen LogP contribution >= 0.6 is 0 Å². The molecule has 0 unspecified atom stereocenters. The molecule has 0 aliphatic rings. The molecular weight excluding hydrogens is 208 g/mol. The van der Waals surface area contributed by atoms with Gasteiger partial charge in [-0.3, -0.25) is 0 Å². The molecule has 0 spiro atoms. The van der Waals surface area contributed by atoms with Crippen LogP contribution in [0.1, 0.15) is 16.7 Å². The zero-order valence-corrected chi connectivity index (χ0v) is 10.3. The fourth-order valence-electron chi connectivity index (χ4n) is 1.92. The number of benzene rings is 2. The van der Waals surface area contributed by atoms with E-state index in [0.29, 0.717) is 0 Å². The van der Waals surface area contributed by atoms with Crippen LogP contribution in [-0.2, 0) is 6.54 Å². The van der Waals surface area contributed by atoms with Gasteiger partial charge >= 0.3 is 0 Å². The van der Waals surface area contributed by atoms with Crippen molar-refractivity contribution >= 4 is 11.4 Å². The number of anilines is 2. The molecule has 17 heavy (non-hydrogen) atoms. The summed E-state index contributed by atoms with van der Waals surface area (Å²) in [6, 6.07) is 14.4. The number of rotatable bonds is 3. The second-order valence-electron chi connectivity index (χ2n) is 4.41. The van der Waals surface area contributed by atoms with Crippen molar-refractivity contribution in [1.29, 1.82) is 0 Å². The van der Waals surface area contributed by atoms with E-state index in [0.717, 1.165) is 17.9 Å². The Morgan fingerprint density at radius 1 is 1.06 bits per heavy atom. The molecule has 0 aliphatic carbocycles. The summed E-state index contributed by atoms with van der Waals surface area (Å²) in [7, 11) is 0. The molecule has 2 aromatic carbocycles. The highest BCUT2D eigenvalue weighted by molar-refractivity contribution is 5.57. The van der Waals surface area contributed by atoms with Gasteiger partial charge in [0.1, 0.15) is 0 Å². The van der Waals surface area contributed by atoms with Crippen molar-refractivity contribution in [2.24, 2.45) is 0 Å². The molecule has 0 heterocycles. The maximum Gasteiger partial charge on any atom is 0.0403 e. The van der Waals surface area contributed by atoms with Gasteiger partial charge in [0.2, 0.25) is 0 Å². The lowest BCUT2D eigenvalue weighted by Gasteiger charge is -2.10. The molecule has 0 saturated carbocycles. The first-order chi connectivity index (χ1) is 8.15. The maximum absolute atomic E-state index is 5.82. The highest BCUT2D eigenvalue weighted by Gasteiger charge is 1.98. The molecule has 3 N–H and O–H groups in total. The molecule has 88 valence electrons. The average molecular weight is 226 g/mol. The third kappa shape index (κ3) is 3.00. The Morgan fingerprint density at radius 2 is 1.82 bits per heavy atom. The van der Waals surface area contributed by atoms with E-state index in [9.17, 15) is 0 Å². The normalized spacial score (nSPS) is 10.2. The Labute approximate surface area is 102 Å². The largest absolute Gasteiger partial charge is 0.399 e. The molecule has 2 nitrogen and oxygen atoms in total. The van der Waals surface area contributed by atoms with E-state index in [2.05, 4.69) is 49.5 Å². The molecule has 0 amide bonds. The van der Waals surface area contributed by atoms with Gasteiger partial charge in [-0.1, -0.05) is 24.3 Å². The zero-order chi connectivity index (χ0) is 12.3. The molecule has 2 heteroatoms.